The number of rotatable bonds is 2. The molecular weight excluding hydrogens is 256 g/mol. The quantitative estimate of drug-likeness (QED) is 0.719. The van der Waals surface area contributed by atoms with Crippen LogP contribution in [0.25, 0.3) is 0 Å². The van der Waals surface area contributed by atoms with E-state index in [4.69, 9.17) is 9.47 Å². The third kappa shape index (κ3) is 2.75. The van der Waals surface area contributed by atoms with Crippen LogP contribution in [0.1, 0.15) is 45.4 Å². The van der Waals surface area contributed by atoms with Crippen LogP contribution in [0.3, 0.4) is 0 Å². The lowest BCUT2D eigenvalue weighted by Crippen LogP contribution is -2.30. The van der Waals surface area contributed by atoms with Crippen LogP contribution in [-0.4, -0.2) is 23.8 Å². The highest BCUT2D eigenvalue weighted by molar-refractivity contribution is 9.09. The molecule has 0 N–H and O–H groups in total. The first-order valence-corrected chi connectivity index (χ1v) is 7.28. The van der Waals surface area contributed by atoms with Crippen LogP contribution in [-0.2, 0) is 9.47 Å². The average Bonchev–Trinajstić information content (AvgIpc) is 2.55. The van der Waals surface area contributed by atoms with Gasteiger partial charge in [-0.15, -0.1) is 0 Å². The number of hydrogen-bond donors (Lipinski definition) is 0. The SMILES string of the molecule is CCC1CCCC2(CC1)OCC(CBr)O2. The summed E-state index contributed by atoms with van der Waals surface area (Å²) in [5.74, 6) is 0.669. The van der Waals surface area contributed by atoms with Gasteiger partial charge in [0.1, 0.15) is 0 Å². The molecule has 3 atom stereocenters. The van der Waals surface area contributed by atoms with Crippen molar-refractivity contribution in [3.63, 3.8) is 0 Å². The summed E-state index contributed by atoms with van der Waals surface area (Å²) in [6.45, 7) is 3.06. The Hall–Kier alpha value is 0.400. The number of hydrogen-bond acceptors (Lipinski definition) is 2. The molecule has 15 heavy (non-hydrogen) atoms. The van der Waals surface area contributed by atoms with Gasteiger partial charge in [0, 0.05) is 18.2 Å². The zero-order chi connectivity index (χ0) is 10.7. The van der Waals surface area contributed by atoms with Gasteiger partial charge in [0.25, 0.3) is 0 Å². The molecule has 2 nitrogen and oxygen atoms in total. The molecule has 1 spiro atoms. The first-order chi connectivity index (χ1) is 7.28. The van der Waals surface area contributed by atoms with E-state index >= 15 is 0 Å². The molecule has 1 aliphatic carbocycles. The van der Waals surface area contributed by atoms with E-state index in [0.717, 1.165) is 30.7 Å². The highest BCUT2D eigenvalue weighted by atomic mass is 79.9. The summed E-state index contributed by atoms with van der Waals surface area (Å²) in [5, 5.41) is 0.895. The van der Waals surface area contributed by atoms with Crippen molar-refractivity contribution in [2.24, 2.45) is 5.92 Å². The molecule has 0 amide bonds. The van der Waals surface area contributed by atoms with Crippen LogP contribution < -0.4 is 0 Å². The minimum absolute atomic E-state index is 0.220. The van der Waals surface area contributed by atoms with Crippen molar-refractivity contribution in [3.8, 4) is 0 Å². The second kappa shape index (κ2) is 5.15. The van der Waals surface area contributed by atoms with Gasteiger partial charge in [0.2, 0.25) is 0 Å². The van der Waals surface area contributed by atoms with E-state index in [-0.39, 0.29) is 11.9 Å². The predicted molar refractivity (Wildman–Crippen MR) is 64.2 cm³/mol. The van der Waals surface area contributed by atoms with E-state index in [1.807, 2.05) is 0 Å². The fraction of sp³-hybridized carbons (Fsp3) is 1.00. The van der Waals surface area contributed by atoms with Crippen LogP contribution >= 0.6 is 15.9 Å². The molecule has 1 aliphatic heterocycles. The maximum Gasteiger partial charge on any atom is 0.168 e. The Morgan fingerprint density at radius 3 is 2.87 bits per heavy atom. The van der Waals surface area contributed by atoms with Gasteiger partial charge in [-0.2, -0.15) is 0 Å². The van der Waals surface area contributed by atoms with E-state index in [2.05, 4.69) is 22.9 Å². The summed E-state index contributed by atoms with van der Waals surface area (Å²) >= 11 is 3.47. The van der Waals surface area contributed by atoms with Gasteiger partial charge in [0.05, 0.1) is 12.7 Å². The molecule has 3 unspecified atom stereocenters. The standard InChI is InChI=1S/C12H21BrO2/c1-2-10-4-3-6-12(7-5-10)14-9-11(8-13)15-12/h10-11H,2-9H2,1H3. The normalized spacial score (nSPS) is 42.0. The minimum atomic E-state index is -0.220. The maximum absolute atomic E-state index is 6.04. The van der Waals surface area contributed by atoms with Gasteiger partial charge in [-0.3, -0.25) is 0 Å². The number of alkyl halides is 1. The second-order valence-electron chi connectivity index (χ2n) is 4.82. The third-order valence-electron chi connectivity index (χ3n) is 3.77. The molecule has 1 heterocycles. The topological polar surface area (TPSA) is 18.5 Å². The van der Waals surface area contributed by atoms with Crippen molar-refractivity contribution in [2.45, 2.75) is 57.3 Å². The molecule has 0 aromatic carbocycles. The first-order valence-electron chi connectivity index (χ1n) is 6.16. The van der Waals surface area contributed by atoms with Crippen LogP contribution in [0.15, 0.2) is 0 Å². The highest BCUT2D eigenvalue weighted by Gasteiger charge is 2.41. The fourth-order valence-corrected chi connectivity index (χ4v) is 3.04. The lowest BCUT2D eigenvalue weighted by Gasteiger charge is -2.26. The zero-order valence-corrected chi connectivity index (χ0v) is 11.1. The van der Waals surface area contributed by atoms with Crippen molar-refractivity contribution >= 4 is 15.9 Å². The lowest BCUT2D eigenvalue weighted by molar-refractivity contribution is -0.174. The van der Waals surface area contributed by atoms with Crippen LogP contribution in [0.4, 0.5) is 0 Å². The van der Waals surface area contributed by atoms with E-state index in [1.54, 1.807) is 0 Å². The summed E-state index contributed by atoms with van der Waals surface area (Å²) in [4.78, 5) is 0. The Morgan fingerprint density at radius 1 is 1.33 bits per heavy atom. The van der Waals surface area contributed by atoms with Gasteiger partial charge in [-0.25, -0.2) is 0 Å². The van der Waals surface area contributed by atoms with Crippen molar-refractivity contribution in [1.82, 2.24) is 0 Å². The zero-order valence-electron chi connectivity index (χ0n) is 9.51. The summed E-state index contributed by atoms with van der Waals surface area (Å²) in [7, 11) is 0. The number of halogens is 1. The molecule has 0 aromatic heterocycles. The van der Waals surface area contributed by atoms with Gasteiger partial charge in [0.15, 0.2) is 5.79 Å². The Bertz CT molecular complexity index is 206. The van der Waals surface area contributed by atoms with Crippen molar-refractivity contribution in [2.75, 3.05) is 11.9 Å². The Kier molecular flexibility index (Phi) is 4.08. The van der Waals surface area contributed by atoms with E-state index in [9.17, 15) is 0 Å². The monoisotopic (exact) mass is 276 g/mol. The van der Waals surface area contributed by atoms with E-state index in [1.165, 1.54) is 25.7 Å². The Labute approximate surface area is 101 Å². The van der Waals surface area contributed by atoms with Gasteiger partial charge < -0.3 is 9.47 Å². The fourth-order valence-electron chi connectivity index (χ4n) is 2.72. The predicted octanol–water partition coefficient (Wildman–Crippen LogP) is 3.48. The summed E-state index contributed by atoms with van der Waals surface area (Å²) in [6, 6.07) is 0. The molecule has 2 fully saturated rings. The average molecular weight is 277 g/mol. The van der Waals surface area contributed by atoms with E-state index in [0.29, 0.717) is 0 Å². The molecular formula is C12H21BrO2. The largest absolute Gasteiger partial charge is 0.347 e. The van der Waals surface area contributed by atoms with Crippen molar-refractivity contribution in [1.29, 1.82) is 0 Å². The highest BCUT2D eigenvalue weighted by Crippen LogP contribution is 2.39. The smallest absolute Gasteiger partial charge is 0.168 e. The third-order valence-corrected chi connectivity index (χ3v) is 4.49. The molecule has 1 saturated carbocycles. The van der Waals surface area contributed by atoms with Crippen molar-refractivity contribution in [3.05, 3.63) is 0 Å². The molecule has 3 heteroatoms. The van der Waals surface area contributed by atoms with Gasteiger partial charge >= 0.3 is 0 Å². The molecule has 2 aliphatic rings. The molecule has 0 bridgehead atoms. The molecule has 0 aromatic rings. The van der Waals surface area contributed by atoms with Crippen LogP contribution in [0.2, 0.25) is 0 Å². The van der Waals surface area contributed by atoms with E-state index < -0.39 is 0 Å². The molecule has 88 valence electrons. The molecule has 2 rings (SSSR count). The molecule has 1 saturated heterocycles. The molecule has 0 radical (unpaired) electrons. The number of ether oxygens (including phenoxy) is 2. The summed E-state index contributed by atoms with van der Waals surface area (Å²) in [6.07, 6.45) is 7.63. The minimum Gasteiger partial charge on any atom is -0.347 e. The van der Waals surface area contributed by atoms with Crippen LogP contribution in [0.5, 0.6) is 0 Å². The second-order valence-corrected chi connectivity index (χ2v) is 5.47. The maximum atomic E-state index is 6.04. The lowest BCUT2D eigenvalue weighted by atomic mass is 9.97. The Balaban J connectivity index is 1.92. The van der Waals surface area contributed by atoms with Crippen LogP contribution in [0, 0.1) is 5.92 Å². The van der Waals surface area contributed by atoms with Gasteiger partial charge in [-0.05, 0) is 18.8 Å². The summed E-state index contributed by atoms with van der Waals surface area (Å²) in [5.41, 5.74) is 0. The summed E-state index contributed by atoms with van der Waals surface area (Å²) < 4.78 is 11.9. The first kappa shape index (κ1) is 11.9. The Morgan fingerprint density at radius 2 is 2.20 bits per heavy atom. The van der Waals surface area contributed by atoms with Crippen molar-refractivity contribution < 1.29 is 9.47 Å². The van der Waals surface area contributed by atoms with Gasteiger partial charge in [-0.1, -0.05) is 35.7 Å².